The van der Waals surface area contributed by atoms with Gasteiger partial charge in [0.05, 0.1) is 48.5 Å². The third-order valence-corrected chi connectivity index (χ3v) is 6.37. The van der Waals surface area contributed by atoms with Gasteiger partial charge in [0, 0.05) is 37.3 Å². The van der Waals surface area contributed by atoms with Gasteiger partial charge in [-0.15, -0.1) is 0 Å². The number of hydrogen-bond donors (Lipinski definition) is 0. The van der Waals surface area contributed by atoms with Crippen LogP contribution in [0, 0.1) is 0 Å². The van der Waals surface area contributed by atoms with Gasteiger partial charge in [0.25, 0.3) is 0 Å². The highest BCUT2D eigenvalue weighted by molar-refractivity contribution is 9.10. The second kappa shape index (κ2) is 6.62. The van der Waals surface area contributed by atoms with Crippen molar-refractivity contribution in [3.63, 3.8) is 0 Å². The number of nitrogens with zero attached hydrogens (tertiary/aromatic N) is 3. The first kappa shape index (κ1) is 18.2. The van der Waals surface area contributed by atoms with Gasteiger partial charge in [0.15, 0.2) is 0 Å². The Morgan fingerprint density at radius 1 is 1.21 bits per heavy atom. The maximum atomic E-state index is 5.84. The molecular formula is C21H22BrN3O3. The molecule has 0 amide bonds. The van der Waals surface area contributed by atoms with E-state index in [2.05, 4.69) is 50.7 Å². The number of fused-ring (bicyclic) bond motifs is 1. The molecule has 146 valence electrons. The summed E-state index contributed by atoms with van der Waals surface area (Å²) in [5, 5.41) is 1.12. The van der Waals surface area contributed by atoms with Crippen molar-refractivity contribution in [1.82, 2.24) is 14.5 Å². The Labute approximate surface area is 172 Å². The van der Waals surface area contributed by atoms with Gasteiger partial charge in [0.2, 0.25) is 0 Å². The van der Waals surface area contributed by atoms with Gasteiger partial charge in [-0.3, -0.25) is 0 Å². The minimum Gasteiger partial charge on any atom is -0.378 e. The van der Waals surface area contributed by atoms with E-state index in [0.29, 0.717) is 26.4 Å². The van der Waals surface area contributed by atoms with Crippen LogP contribution in [0.1, 0.15) is 19.0 Å². The van der Waals surface area contributed by atoms with Crippen LogP contribution >= 0.6 is 15.9 Å². The summed E-state index contributed by atoms with van der Waals surface area (Å²) >= 11 is 3.52. The SMILES string of the molecule is CO[C@@]1(c2cccc(-c3cn(C4(C)COC4)c4cnc(Br)cc34)n2)CCOC1. The average Bonchev–Trinajstić information content (AvgIpc) is 3.32. The topological polar surface area (TPSA) is 58.4 Å². The summed E-state index contributed by atoms with van der Waals surface area (Å²) in [6, 6.07) is 8.18. The van der Waals surface area contributed by atoms with E-state index in [1.54, 1.807) is 7.11 Å². The zero-order chi connectivity index (χ0) is 19.4. The van der Waals surface area contributed by atoms with Crippen molar-refractivity contribution >= 4 is 26.8 Å². The van der Waals surface area contributed by atoms with Crippen molar-refractivity contribution < 1.29 is 14.2 Å². The molecule has 28 heavy (non-hydrogen) atoms. The van der Waals surface area contributed by atoms with Crippen molar-refractivity contribution in [1.29, 1.82) is 0 Å². The molecule has 2 fully saturated rings. The Bertz CT molecular complexity index is 1040. The van der Waals surface area contributed by atoms with E-state index in [1.165, 1.54) is 0 Å². The molecule has 5 heterocycles. The van der Waals surface area contributed by atoms with Crippen LogP contribution in [-0.2, 0) is 25.4 Å². The highest BCUT2D eigenvalue weighted by atomic mass is 79.9. The fourth-order valence-electron chi connectivity index (χ4n) is 4.14. The maximum Gasteiger partial charge on any atom is 0.135 e. The number of halogens is 1. The van der Waals surface area contributed by atoms with Crippen LogP contribution in [0.15, 0.2) is 41.3 Å². The molecule has 0 saturated carbocycles. The molecule has 0 aromatic carbocycles. The number of rotatable bonds is 4. The summed E-state index contributed by atoms with van der Waals surface area (Å²) < 4.78 is 20.0. The summed E-state index contributed by atoms with van der Waals surface area (Å²) in [5.74, 6) is 0. The number of pyridine rings is 2. The molecule has 1 atom stereocenters. The Morgan fingerprint density at radius 2 is 2.07 bits per heavy atom. The second-order valence-electron chi connectivity index (χ2n) is 7.84. The van der Waals surface area contributed by atoms with E-state index < -0.39 is 5.60 Å². The van der Waals surface area contributed by atoms with E-state index in [0.717, 1.165) is 38.9 Å². The van der Waals surface area contributed by atoms with Gasteiger partial charge in [-0.2, -0.15) is 0 Å². The Balaban J connectivity index is 1.68. The normalized spacial score (nSPS) is 23.8. The smallest absolute Gasteiger partial charge is 0.135 e. The summed E-state index contributed by atoms with van der Waals surface area (Å²) in [7, 11) is 1.73. The molecule has 0 aliphatic carbocycles. The molecule has 0 unspecified atom stereocenters. The van der Waals surface area contributed by atoms with Gasteiger partial charge in [-0.25, -0.2) is 9.97 Å². The second-order valence-corrected chi connectivity index (χ2v) is 8.65. The molecule has 0 N–H and O–H groups in total. The Kier molecular flexibility index (Phi) is 4.32. The zero-order valence-corrected chi connectivity index (χ0v) is 17.5. The average molecular weight is 444 g/mol. The molecule has 2 aliphatic rings. The first-order valence-corrected chi connectivity index (χ1v) is 10.2. The van der Waals surface area contributed by atoms with Gasteiger partial charge in [-0.1, -0.05) is 6.07 Å². The van der Waals surface area contributed by atoms with E-state index in [1.807, 2.05) is 18.3 Å². The molecule has 2 aliphatic heterocycles. The van der Waals surface area contributed by atoms with E-state index in [-0.39, 0.29) is 5.54 Å². The van der Waals surface area contributed by atoms with Gasteiger partial charge >= 0.3 is 0 Å². The molecule has 2 saturated heterocycles. The molecule has 3 aromatic heterocycles. The maximum absolute atomic E-state index is 5.84. The van der Waals surface area contributed by atoms with Crippen LogP contribution in [0.5, 0.6) is 0 Å². The fraction of sp³-hybridized carbons (Fsp3) is 0.429. The third kappa shape index (κ3) is 2.72. The lowest BCUT2D eigenvalue weighted by atomic mass is 9.97. The molecule has 6 nitrogen and oxygen atoms in total. The van der Waals surface area contributed by atoms with Crippen molar-refractivity contribution in [3.05, 3.63) is 47.0 Å². The number of ether oxygens (including phenoxy) is 3. The van der Waals surface area contributed by atoms with Crippen LogP contribution in [0.25, 0.3) is 22.2 Å². The zero-order valence-electron chi connectivity index (χ0n) is 15.9. The third-order valence-electron chi connectivity index (χ3n) is 5.93. The number of methoxy groups -OCH3 is 1. The van der Waals surface area contributed by atoms with Gasteiger partial charge < -0.3 is 18.8 Å². The Hall–Kier alpha value is -1.80. The Morgan fingerprint density at radius 3 is 2.75 bits per heavy atom. The van der Waals surface area contributed by atoms with Crippen LogP contribution in [0.2, 0.25) is 0 Å². The number of aromatic nitrogens is 3. The molecule has 7 heteroatoms. The highest BCUT2D eigenvalue weighted by Crippen LogP contribution is 2.38. The molecule has 0 spiro atoms. The quantitative estimate of drug-likeness (QED) is 0.572. The predicted molar refractivity (Wildman–Crippen MR) is 109 cm³/mol. The summed E-state index contributed by atoms with van der Waals surface area (Å²) in [6.45, 7) is 4.83. The lowest BCUT2D eigenvalue weighted by molar-refractivity contribution is -0.0874. The van der Waals surface area contributed by atoms with Crippen LogP contribution in [-0.4, -0.2) is 48.1 Å². The first-order valence-electron chi connectivity index (χ1n) is 9.40. The van der Waals surface area contributed by atoms with Crippen LogP contribution in [0.3, 0.4) is 0 Å². The highest BCUT2D eigenvalue weighted by Gasteiger charge is 2.39. The molecule has 5 rings (SSSR count). The van der Waals surface area contributed by atoms with E-state index in [9.17, 15) is 0 Å². The monoisotopic (exact) mass is 443 g/mol. The van der Waals surface area contributed by atoms with E-state index >= 15 is 0 Å². The molecule has 0 radical (unpaired) electrons. The van der Waals surface area contributed by atoms with Crippen molar-refractivity contribution in [3.8, 4) is 11.3 Å². The van der Waals surface area contributed by atoms with Crippen LogP contribution < -0.4 is 0 Å². The summed E-state index contributed by atoms with van der Waals surface area (Å²) in [4.78, 5) is 9.45. The van der Waals surface area contributed by atoms with E-state index in [4.69, 9.17) is 19.2 Å². The summed E-state index contributed by atoms with van der Waals surface area (Å²) in [5.41, 5.74) is 3.48. The van der Waals surface area contributed by atoms with Crippen LogP contribution in [0.4, 0.5) is 0 Å². The van der Waals surface area contributed by atoms with Crippen molar-refractivity contribution in [2.45, 2.75) is 24.5 Å². The van der Waals surface area contributed by atoms with Crippen molar-refractivity contribution in [2.24, 2.45) is 0 Å². The number of hydrogen-bond acceptors (Lipinski definition) is 5. The minimum absolute atomic E-state index is 0.0589. The first-order chi connectivity index (χ1) is 13.5. The standard InChI is InChI=1S/C21H22BrN3O3/c1-20(11-28-12-20)25-10-15(14-8-19(22)23-9-17(14)25)16-4-3-5-18(24-16)21(26-2)6-7-27-13-21/h3-5,8-10H,6-7,11-13H2,1-2H3/t21-/m0/s1. The predicted octanol–water partition coefficient (Wildman–Crippen LogP) is 3.87. The molecule has 0 bridgehead atoms. The molecular weight excluding hydrogens is 422 g/mol. The van der Waals surface area contributed by atoms with Gasteiger partial charge in [-0.05, 0) is 41.1 Å². The largest absolute Gasteiger partial charge is 0.378 e. The lowest BCUT2D eigenvalue weighted by Crippen LogP contribution is -2.48. The fourth-order valence-corrected chi connectivity index (χ4v) is 4.47. The lowest BCUT2D eigenvalue weighted by Gasteiger charge is -2.40. The summed E-state index contributed by atoms with van der Waals surface area (Å²) in [6.07, 6.45) is 4.91. The molecule has 3 aromatic rings. The van der Waals surface area contributed by atoms with Gasteiger partial charge in [0.1, 0.15) is 10.2 Å². The van der Waals surface area contributed by atoms with Crippen molar-refractivity contribution in [2.75, 3.05) is 33.5 Å². The minimum atomic E-state index is -0.468.